The van der Waals surface area contributed by atoms with Gasteiger partial charge < -0.3 is 9.30 Å². The van der Waals surface area contributed by atoms with Gasteiger partial charge in [0.2, 0.25) is 5.52 Å². The average molecular weight is 457 g/mol. The van der Waals surface area contributed by atoms with Crippen LogP contribution in [0.25, 0.3) is 0 Å². The Morgan fingerprint density at radius 2 is 1.59 bits per heavy atom. The van der Waals surface area contributed by atoms with E-state index in [4.69, 9.17) is 4.74 Å². The van der Waals surface area contributed by atoms with E-state index in [2.05, 4.69) is 13.8 Å². The first-order valence-corrected chi connectivity index (χ1v) is 13.4. The molecule has 4 nitrogen and oxygen atoms in total. The van der Waals surface area contributed by atoms with E-state index in [1.807, 2.05) is 39.0 Å². The monoisotopic (exact) mass is 456 g/mol. The minimum Gasteiger partial charge on any atom is -0.465 e. The van der Waals surface area contributed by atoms with Crippen LogP contribution < -0.4 is 5.30 Å². The lowest BCUT2D eigenvalue weighted by Crippen LogP contribution is -2.31. The maximum absolute atomic E-state index is 14.5. The van der Waals surface area contributed by atoms with Gasteiger partial charge in [-0.25, -0.2) is 0 Å². The summed E-state index contributed by atoms with van der Waals surface area (Å²) in [5, 5.41) is 0.395. The lowest BCUT2D eigenvalue weighted by Gasteiger charge is -2.25. The molecule has 2 aromatic rings. The standard InChI is InChI=1S/C27H37O4P/c1-7-9-13-23(8-2)18-31-26(28)22(6)32(30,24-14-11-10-12-15-24)27(29)25-20(4)16-19(3)17-21(25)5/h10-12,14-17,22-23H,7-9,13,18H2,1-6H3. The molecule has 0 saturated heterocycles. The molecule has 0 spiro atoms. The van der Waals surface area contributed by atoms with Crippen LogP contribution in [0.15, 0.2) is 42.5 Å². The van der Waals surface area contributed by atoms with Crippen LogP contribution in [-0.2, 0) is 14.1 Å². The molecule has 0 radical (unpaired) electrons. The first kappa shape index (κ1) is 26.1. The number of rotatable bonds is 11. The summed E-state index contributed by atoms with van der Waals surface area (Å²) in [6.45, 7) is 11.8. The molecule has 5 heteroatoms. The number of ether oxygens (including phenoxy) is 1. The van der Waals surface area contributed by atoms with Gasteiger partial charge in [-0.2, -0.15) is 0 Å². The molecule has 0 amide bonds. The second kappa shape index (κ2) is 11.6. The largest absolute Gasteiger partial charge is 0.465 e. The highest BCUT2D eigenvalue weighted by Crippen LogP contribution is 2.53. The minimum atomic E-state index is -3.80. The van der Waals surface area contributed by atoms with E-state index < -0.39 is 24.3 Å². The molecule has 0 aliphatic heterocycles. The maximum Gasteiger partial charge on any atom is 0.316 e. The van der Waals surface area contributed by atoms with Crippen molar-refractivity contribution in [3.63, 3.8) is 0 Å². The normalized spacial score (nSPS) is 14.9. The molecule has 3 atom stereocenters. The number of unbranched alkanes of at least 4 members (excludes halogenated alkanes) is 1. The third kappa shape index (κ3) is 5.78. The second-order valence-corrected chi connectivity index (χ2v) is 11.8. The van der Waals surface area contributed by atoms with Gasteiger partial charge in [-0.15, -0.1) is 0 Å². The number of carbonyl (C=O) groups is 2. The summed E-state index contributed by atoms with van der Waals surface area (Å²) in [7, 11) is -3.80. The summed E-state index contributed by atoms with van der Waals surface area (Å²) >= 11 is 0. The van der Waals surface area contributed by atoms with Crippen LogP contribution in [0.2, 0.25) is 0 Å². The van der Waals surface area contributed by atoms with E-state index in [1.54, 1.807) is 31.2 Å². The predicted molar refractivity (Wildman–Crippen MR) is 132 cm³/mol. The zero-order valence-electron chi connectivity index (χ0n) is 20.3. The number of hydrogen-bond donors (Lipinski definition) is 0. The highest BCUT2D eigenvalue weighted by Gasteiger charge is 2.45. The number of carbonyl (C=O) groups excluding carboxylic acids is 2. The Kier molecular flexibility index (Phi) is 9.46. The van der Waals surface area contributed by atoms with Gasteiger partial charge in [0.05, 0.1) is 6.61 Å². The van der Waals surface area contributed by atoms with E-state index in [1.165, 1.54) is 0 Å². The molecule has 0 heterocycles. The highest BCUT2D eigenvalue weighted by molar-refractivity contribution is 7.88. The van der Waals surface area contributed by atoms with Crippen molar-refractivity contribution in [1.82, 2.24) is 0 Å². The second-order valence-electron chi connectivity index (χ2n) is 8.79. The Balaban J connectivity index is 2.42. The van der Waals surface area contributed by atoms with E-state index in [0.29, 0.717) is 17.5 Å². The summed E-state index contributed by atoms with van der Waals surface area (Å²) < 4.78 is 20.1. The molecular formula is C27H37O4P. The molecule has 0 saturated carbocycles. The van der Waals surface area contributed by atoms with Crippen molar-refractivity contribution in [2.75, 3.05) is 6.61 Å². The number of aryl methyl sites for hydroxylation is 3. The molecule has 3 unspecified atom stereocenters. The smallest absolute Gasteiger partial charge is 0.316 e. The van der Waals surface area contributed by atoms with Crippen molar-refractivity contribution >= 4 is 23.9 Å². The van der Waals surface area contributed by atoms with Gasteiger partial charge in [-0.1, -0.05) is 81.1 Å². The maximum atomic E-state index is 14.5. The van der Waals surface area contributed by atoms with Crippen LogP contribution >= 0.6 is 7.14 Å². The molecular weight excluding hydrogens is 419 g/mol. The minimum absolute atomic E-state index is 0.277. The molecule has 0 aliphatic rings. The molecule has 0 aliphatic carbocycles. The van der Waals surface area contributed by atoms with Crippen LogP contribution in [0.4, 0.5) is 0 Å². The first-order valence-electron chi connectivity index (χ1n) is 11.6. The van der Waals surface area contributed by atoms with Gasteiger partial charge in [0.15, 0.2) is 7.14 Å². The van der Waals surface area contributed by atoms with E-state index >= 15 is 0 Å². The summed E-state index contributed by atoms with van der Waals surface area (Å²) in [4.78, 5) is 26.9. The molecule has 0 fully saturated rings. The molecule has 174 valence electrons. The molecule has 0 aromatic heterocycles. The van der Waals surface area contributed by atoms with Crippen LogP contribution in [-0.4, -0.2) is 23.8 Å². The van der Waals surface area contributed by atoms with Crippen molar-refractivity contribution < 1.29 is 18.9 Å². The Hall–Kier alpha value is -2.19. The topological polar surface area (TPSA) is 60.4 Å². The third-order valence-corrected chi connectivity index (χ3v) is 9.42. The summed E-state index contributed by atoms with van der Waals surface area (Å²) in [6.07, 6.45) is 4.08. The Bertz CT molecular complexity index is 957. The van der Waals surface area contributed by atoms with Crippen molar-refractivity contribution in [3.05, 3.63) is 64.7 Å². The summed E-state index contributed by atoms with van der Waals surface area (Å²) in [5.74, 6) is -0.289. The van der Waals surface area contributed by atoms with Gasteiger partial charge in [-0.3, -0.25) is 9.59 Å². The predicted octanol–water partition coefficient (Wildman–Crippen LogP) is 6.59. The third-order valence-electron chi connectivity index (χ3n) is 6.22. The quantitative estimate of drug-likeness (QED) is 0.283. The fraction of sp³-hybridized carbons (Fsp3) is 0.481. The van der Waals surface area contributed by atoms with Gasteiger partial charge in [0.1, 0.15) is 5.66 Å². The molecule has 2 rings (SSSR count). The lowest BCUT2D eigenvalue weighted by molar-refractivity contribution is -0.144. The first-order chi connectivity index (χ1) is 15.2. The fourth-order valence-corrected chi connectivity index (χ4v) is 6.92. The van der Waals surface area contributed by atoms with E-state index in [-0.39, 0.29) is 5.92 Å². The molecule has 32 heavy (non-hydrogen) atoms. The highest BCUT2D eigenvalue weighted by atomic mass is 31.2. The van der Waals surface area contributed by atoms with Crippen LogP contribution in [0.5, 0.6) is 0 Å². The zero-order valence-corrected chi connectivity index (χ0v) is 21.2. The zero-order chi connectivity index (χ0) is 23.9. The average Bonchev–Trinajstić information content (AvgIpc) is 2.77. The lowest BCUT2D eigenvalue weighted by atomic mass is 10.0. The van der Waals surface area contributed by atoms with Gasteiger partial charge in [-0.05, 0) is 51.2 Å². The number of benzene rings is 2. The van der Waals surface area contributed by atoms with Crippen molar-refractivity contribution in [2.45, 2.75) is 72.9 Å². The van der Waals surface area contributed by atoms with Gasteiger partial charge in [0.25, 0.3) is 0 Å². The van der Waals surface area contributed by atoms with Crippen molar-refractivity contribution in [2.24, 2.45) is 5.92 Å². The Morgan fingerprint density at radius 3 is 2.12 bits per heavy atom. The summed E-state index contributed by atoms with van der Waals surface area (Å²) in [5.41, 5.74) is 1.50. The molecule has 0 bridgehead atoms. The van der Waals surface area contributed by atoms with Gasteiger partial charge in [0, 0.05) is 10.9 Å². The van der Waals surface area contributed by atoms with E-state index in [9.17, 15) is 14.2 Å². The fourth-order valence-electron chi connectivity index (χ4n) is 4.22. The van der Waals surface area contributed by atoms with Gasteiger partial charge >= 0.3 is 5.97 Å². The SMILES string of the molecule is CCCCC(CC)COC(=O)C(C)P(=O)(C(=O)c1c(C)cc(C)cc1C)c1ccccc1. The molecule has 0 N–H and O–H groups in total. The number of hydrogen-bond acceptors (Lipinski definition) is 4. The molecule has 2 aromatic carbocycles. The van der Waals surface area contributed by atoms with Crippen molar-refractivity contribution in [3.8, 4) is 0 Å². The number of esters is 1. The Labute approximate surface area is 193 Å². The van der Waals surface area contributed by atoms with Crippen LogP contribution in [0, 0.1) is 26.7 Å². The van der Waals surface area contributed by atoms with E-state index in [0.717, 1.165) is 42.4 Å². The van der Waals surface area contributed by atoms with Crippen LogP contribution in [0.3, 0.4) is 0 Å². The van der Waals surface area contributed by atoms with Crippen LogP contribution in [0.1, 0.15) is 73.5 Å². The summed E-state index contributed by atoms with van der Waals surface area (Å²) in [6, 6.07) is 12.5. The Morgan fingerprint density at radius 1 is 1.00 bits per heavy atom. The van der Waals surface area contributed by atoms with Crippen molar-refractivity contribution in [1.29, 1.82) is 0 Å².